The Bertz CT molecular complexity index is 1530. The van der Waals surface area contributed by atoms with Gasteiger partial charge in [0.05, 0.1) is 21.8 Å². The quantitative estimate of drug-likeness (QED) is 0.179. The lowest BCUT2D eigenvalue weighted by Crippen LogP contribution is -2.32. The first-order valence-corrected chi connectivity index (χ1v) is 15.5. The number of sulfone groups is 1. The second kappa shape index (κ2) is 13.8. The van der Waals surface area contributed by atoms with E-state index in [0.29, 0.717) is 31.8 Å². The van der Waals surface area contributed by atoms with E-state index in [1.807, 2.05) is 38.1 Å². The number of pyridine rings is 1. The van der Waals surface area contributed by atoms with Crippen molar-refractivity contribution in [2.24, 2.45) is 17.8 Å². The van der Waals surface area contributed by atoms with E-state index < -0.39 is 38.4 Å². The van der Waals surface area contributed by atoms with Gasteiger partial charge in [0.1, 0.15) is 0 Å². The maximum atomic E-state index is 13.9. The normalized spacial score (nSPS) is 19.7. The summed E-state index contributed by atoms with van der Waals surface area (Å²) < 4.78 is 74.2. The molecular weight excluding hydrogens is 589 g/mol. The lowest BCUT2D eigenvalue weighted by atomic mass is 9.94. The number of carbonyl (C=O) groups excluding carboxylic acids is 1. The predicted molar refractivity (Wildman–Crippen MR) is 156 cm³/mol. The summed E-state index contributed by atoms with van der Waals surface area (Å²) in [5.74, 6) is -5.57. The number of ether oxygens (including phenoxy) is 1. The fraction of sp³-hybridized carbons (Fsp3) is 0.355. The zero-order chi connectivity index (χ0) is 30.4. The van der Waals surface area contributed by atoms with Crippen molar-refractivity contribution in [1.29, 1.82) is 0 Å². The molecule has 0 spiro atoms. The van der Waals surface area contributed by atoms with Crippen LogP contribution in [0.25, 0.3) is 6.08 Å². The van der Waals surface area contributed by atoms with Crippen LogP contribution in [0.1, 0.15) is 49.0 Å². The average molecular weight is 621 g/mol. The number of halogens is 4. The molecule has 1 aromatic heterocycles. The third kappa shape index (κ3) is 7.59. The second-order valence-electron chi connectivity index (χ2n) is 10.7. The standard InChI is InChI=1S/C31H32ClF3N2O4S/c1-19(18-41-13-3-4-21-9-11-36-12-10-21)14-22-6-5-20(2)30(22)42(39,40)28-15-23(7-8-25(28)32)31(38)37-24-16-26(33)29(35)27(34)17-24/h3-4,7-12,15-17,19-20,22,30H,5-6,13-14,18H2,1-2H3,(H,37,38)/b4-3+/t19-,20?,22+,30?/m1/s1. The Hall–Kier alpha value is -3.21. The van der Waals surface area contributed by atoms with Gasteiger partial charge in [-0.15, -0.1) is 0 Å². The lowest BCUT2D eigenvalue weighted by Gasteiger charge is -2.26. The average Bonchev–Trinajstić information content (AvgIpc) is 3.32. The molecule has 1 aliphatic carbocycles. The van der Waals surface area contributed by atoms with Gasteiger partial charge in [-0.05, 0) is 72.9 Å². The topological polar surface area (TPSA) is 85.4 Å². The summed E-state index contributed by atoms with van der Waals surface area (Å²) in [6, 6.07) is 8.85. The van der Waals surface area contributed by atoms with Crippen LogP contribution in [-0.2, 0) is 14.6 Å². The number of aromatic nitrogens is 1. The van der Waals surface area contributed by atoms with Gasteiger partial charge < -0.3 is 10.1 Å². The first kappa shape index (κ1) is 31.7. The van der Waals surface area contributed by atoms with Gasteiger partial charge in [-0.2, -0.15) is 0 Å². The molecule has 1 heterocycles. The monoisotopic (exact) mass is 620 g/mol. The van der Waals surface area contributed by atoms with Crippen molar-refractivity contribution in [2.45, 2.75) is 43.3 Å². The van der Waals surface area contributed by atoms with E-state index in [0.717, 1.165) is 18.4 Å². The zero-order valence-corrected chi connectivity index (χ0v) is 24.8. The summed E-state index contributed by atoms with van der Waals surface area (Å²) in [4.78, 5) is 16.6. The van der Waals surface area contributed by atoms with Crippen LogP contribution in [0, 0.1) is 35.2 Å². The Balaban J connectivity index is 1.43. The van der Waals surface area contributed by atoms with E-state index in [1.54, 1.807) is 12.4 Å². The van der Waals surface area contributed by atoms with E-state index in [4.69, 9.17) is 16.3 Å². The Morgan fingerprint density at radius 2 is 1.81 bits per heavy atom. The van der Waals surface area contributed by atoms with Crippen molar-refractivity contribution >= 4 is 39.1 Å². The van der Waals surface area contributed by atoms with E-state index in [-0.39, 0.29) is 38.9 Å². The summed E-state index contributed by atoms with van der Waals surface area (Å²) in [5, 5.41) is 1.54. The summed E-state index contributed by atoms with van der Waals surface area (Å²) in [6.07, 6.45) is 9.40. The molecule has 0 aliphatic heterocycles. The van der Waals surface area contributed by atoms with Gasteiger partial charge in [-0.1, -0.05) is 37.6 Å². The molecule has 1 N–H and O–H groups in total. The third-order valence-corrected chi connectivity index (χ3v) is 10.4. The second-order valence-corrected chi connectivity index (χ2v) is 13.2. The number of nitrogens with one attached hydrogen (secondary N) is 1. The van der Waals surface area contributed by atoms with Crippen molar-refractivity contribution in [3.05, 3.63) is 94.5 Å². The Labute approximate surface area is 248 Å². The number of nitrogens with zero attached hydrogens (tertiary/aromatic N) is 1. The Morgan fingerprint density at radius 1 is 1.12 bits per heavy atom. The molecule has 0 saturated heterocycles. The minimum absolute atomic E-state index is 0.0272. The van der Waals surface area contributed by atoms with Crippen molar-refractivity contribution in [2.75, 3.05) is 18.5 Å². The van der Waals surface area contributed by atoms with Gasteiger partial charge >= 0.3 is 0 Å². The first-order chi connectivity index (χ1) is 20.0. The minimum atomic E-state index is -3.96. The van der Waals surface area contributed by atoms with Gasteiger partial charge in [0.15, 0.2) is 27.3 Å². The number of hydrogen-bond acceptors (Lipinski definition) is 5. The zero-order valence-electron chi connectivity index (χ0n) is 23.2. The summed E-state index contributed by atoms with van der Waals surface area (Å²) in [6.45, 7) is 4.82. The van der Waals surface area contributed by atoms with Crippen LogP contribution in [0.15, 0.2) is 65.8 Å². The molecule has 3 aromatic rings. The number of rotatable bonds is 11. The summed E-state index contributed by atoms with van der Waals surface area (Å²) >= 11 is 6.35. The SMILES string of the molecule is CC1CC[C@@H](C[C@@H](C)COC/C=C/c2ccncc2)C1S(=O)(=O)c1cc(C(=O)Nc2cc(F)c(F)c(F)c2)ccc1Cl. The molecule has 224 valence electrons. The van der Waals surface area contributed by atoms with Gasteiger partial charge in [-0.3, -0.25) is 9.78 Å². The molecule has 0 radical (unpaired) electrons. The highest BCUT2D eigenvalue weighted by Crippen LogP contribution is 2.43. The minimum Gasteiger partial charge on any atom is -0.377 e. The van der Waals surface area contributed by atoms with Gasteiger partial charge in [0.25, 0.3) is 5.91 Å². The van der Waals surface area contributed by atoms with Crippen LogP contribution in [0.4, 0.5) is 18.9 Å². The molecule has 42 heavy (non-hydrogen) atoms. The van der Waals surface area contributed by atoms with Crippen molar-refractivity contribution < 1.29 is 31.1 Å². The molecule has 1 aliphatic rings. The van der Waals surface area contributed by atoms with E-state index in [2.05, 4.69) is 10.3 Å². The van der Waals surface area contributed by atoms with Crippen LogP contribution >= 0.6 is 11.6 Å². The van der Waals surface area contributed by atoms with Gasteiger partial charge in [-0.25, -0.2) is 21.6 Å². The highest BCUT2D eigenvalue weighted by Gasteiger charge is 2.44. The fourth-order valence-corrected chi connectivity index (χ4v) is 8.37. The van der Waals surface area contributed by atoms with Gasteiger partial charge in [0.2, 0.25) is 0 Å². The smallest absolute Gasteiger partial charge is 0.255 e. The molecule has 2 aromatic carbocycles. The van der Waals surface area contributed by atoms with Crippen molar-refractivity contribution in [3.63, 3.8) is 0 Å². The fourth-order valence-electron chi connectivity index (χ4n) is 5.50. The highest BCUT2D eigenvalue weighted by atomic mass is 35.5. The molecule has 11 heteroatoms. The van der Waals surface area contributed by atoms with Crippen LogP contribution in [0.5, 0.6) is 0 Å². The molecule has 4 rings (SSSR count). The Kier molecular flexibility index (Phi) is 10.5. The molecule has 1 saturated carbocycles. The molecule has 4 atom stereocenters. The van der Waals surface area contributed by atoms with Crippen LogP contribution < -0.4 is 5.32 Å². The third-order valence-electron chi connectivity index (χ3n) is 7.46. The number of carbonyl (C=O) groups is 1. The highest BCUT2D eigenvalue weighted by molar-refractivity contribution is 7.92. The molecule has 1 amide bonds. The number of amides is 1. The van der Waals surface area contributed by atoms with Crippen LogP contribution in [-0.4, -0.2) is 37.8 Å². The maximum Gasteiger partial charge on any atom is 0.255 e. The Morgan fingerprint density at radius 3 is 2.50 bits per heavy atom. The first-order valence-electron chi connectivity index (χ1n) is 13.6. The van der Waals surface area contributed by atoms with Crippen molar-refractivity contribution in [1.82, 2.24) is 4.98 Å². The number of hydrogen-bond donors (Lipinski definition) is 1. The van der Waals surface area contributed by atoms with Crippen LogP contribution in [0.3, 0.4) is 0 Å². The van der Waals surface area contributed by atoms with Crippen molar-refractivity contribution in [3.8, 4) is 0 Å². The molecule has 2 unspecified atom stereocenters. The van der Waals surface area contributed by atoms with E-state index >= 15 is 0 Å². The summed E-state index contributed by atoms with van der Waals surface area (Å²) in [5.41, 5.74) is 0.629. The predicted octanol–water partition coefficient (Wildman–Crippen LogP) is 7.35. The van der Waals surface area contributed by atoms with E-state index in [9.17, 15) is 26.4 Å². The van der Waals surface area contributed by atoms with Crippen LogP contribution in [0.2, 0.25) is 5.02 Å². The number of anilines is 1. The largest absolute Gasteiger partial charge is 0.377 e. The number of benzene rings is 2. The maximum absolute atomic E-state index is 13.9. The van der Waals surface area contributed by atoms with E-state index in [1.165, 1.54) is 18.2 Å². The molecule has 0 bridgehead atoms. The molecule has 1 fully saturated rings. The molecular formula is C31H32ClF3N2O4S. The molecule has 6 nitrogen and oxygen atoms in total. The lowest BCUT2D eigenvalue weighted by molar-refractivity contribution is 0.102. The van der Waals surface area contributed by atoms with Gasteiger partial charge in [0, 0.05) is 42.4 Å². The summed E-state index contributed by atoms with van der Waals surface area (Å²) in [7, 11) is -3.96.